The molecule has 1 saturated heterocycles. The van der Waals surface area contributed by atoms with Crippen LogP contribution in [0, 0.1) is 0 Å². The molecule has 0 bridgehead atoms. The maximum Gasteiger partial charge on any atom is 0.268 e. The van der Waals surface area contributed by atoms with E-state index in [1.54, 1.807) is 25.5 Å². The molecular weight excluding hydrogens is 424 g/mol. The van der Waals surface area contributed by atoms with Crippen molar-refractivity contribution in [3.05, 3.63) is 46.8 Å². The van der Waals surface area contributed by atoms with Gasteiger partial charge in [-0.3, -0.25) is 15.0 Å². The normalized spacial score (nSPS) is 15.6. The fourth-order valence-electron chi connectivity index (χ4n) is 3.23. The van der Waals surface area contributed by atoms with E-state index in [0.29, 0.717) is 29.2 Å². The lowest BCUT2D eigenvalue weighted by molar-refractivity contribution is 0.0858. The summed E-state index contributed by atoms with van der Waals surface area (Å²) in [5, 5.41) is 6.40. The van der Waals surface area contributed by atoms with Gasteiger partial charge >= 0.3 is 0 Å². The van der Waals surface area contributed by atoms with E-state index in [0.717, 1.165) is 25.7 Å². The van der Waals surface area contributed by atoms with Gasteiger partial charge < -0.3 is 5.32 Å². The molecule has 0 atom stereocenters. The van der Waals surface area contributed by atoms with Gasteiger partial charge in [-0.05, 0) is 48.6 Å². The number of rotatable bonds is 6. The Bertz CT molecular complexity index is 992. The van der Waals surface area contributed by atoms with Gasteiger partial charge in [0, 0.05) is 32.7 Å². The number of hydrogen-bond donors (Lipinski definition) is 2. The molecule has 0 saturated carbocycles. The number of benzene rings is 1. The summed E-state index contributed by atoms with van der Waals surface area (Å²) in [6.45, 7) is 1.06. The molecule has 2 N–H and O–H groups in total. The zero-order valence-electron chi connectivity index (χ0n) is 17.1. The third kappa shape index (κ3) is 5.25. The van der Waals surface area contributed by atoms with E-state index in [4.69, 9.17) is 0 Å². The number of hydrogen-bond acceptors (Lipinski definition) is 6. The lowest BCUT2D eigenvalue weighted by Crippen LogP contribution is -2.36. The van der Waals surface area contributed by atoms with Crippen molar-refractivity contribution in [3.8, 4) is 0 Å². The Morgan fingerprint density at radius 2 is 1.60 bits per heavy atom. The van der Waals surface area contributed by atoms with Crippen LogP contribution in [-0.4, -0.2) is 56.7 Å². The van der Waals surface area contributed by atoms with Gasteiger partial charge in [0.1, 0.15) is 5.00 Å². The minimum atomic E-state index is -3.56. The highest BCUT2D eigenvalue weighted by atomic mass is 32.2. The van der Waals surface area contributed by atoms with Crippen molar-refractivity contribution in [2.24, 2.45) is 0 Å². The Hall–Kier alpha value is -2.27. The molecule has 10 heteroatoms. The number of nitrogens with one attached hydrogen (secondary N) is 2. The van der Waals surface area contributed by atoms with E-state index in [2.05, 4.69) is 10.7 Å². The molecule has 2 amide bonds. The Kier molecular flexibility index (Phi) is 7.24. The fraction of sp³-hybridized carbons (Fsp3) is 0.400. The van der Waals surface area contributed by atoms with Crippen molar-refractivity contribution in [1.29, 1.82) is 0 Å². The largest absolute Gasteiger partial charge is 0.313 e. The highest BCUT2D eigenvalue weighted by Crippen LogP contribution is 2.25. The summed E-state index contributed by atoms with van der Waals surface area (Å²) < 4.78 is 27.3. The van der Waals surface area contributed by atoms with Gasteiger partial charge in [0.2, 0.25) is 10.0 Å². The minimum Gasteiger partial charge on any atom is -0.313 e. The molecule has 8 nitrogen and oxygen atoms in total. The molecule has 30 heavy (non-hydrogen) atoms. The second-order valence-electron chi connectivity index (χ2n) is 7.30. The molecule has 0 spiro atoms. The molecule has 1 aromatic carbocycles. The number of nitrogens with zero attached hydrogens (tertiary/aromatic N) is 2. The van der Waals surface area contributed by atoms with Crippen molar-refractivity contribution in [1.82, 2.24) is 14.7 Å². The van der Waals surface area contributed by atoms with Crippen molar-refractivity contribution >= 4 is 38.2 Å². The van der Waals surface area contributed by atoms with E-state index in [9.17, 15) is 18.0 Å². The molecule has 162 valence electrons. The molecule has 2 aromatic rings. The third-order valence-corrected chi connectivity index (χ3v) is 7.52. The Morgan fingerprint density at radius 3 is 2.20 bits per heavy atom. The van der Waals surface area contributed by atoms with Crippen LogP contribution in [0.15, 0.2) is 40.6 Å². The highest BCUT2D eigenvalue weighted by molar-refractivity contribution is 7.89. The first-order chi connectivity index (χ1) is 14.3. The number of carbonyl (C=O) groups is 2. The predicted molar refractivity (Wildman–Crippen MR) is 117 cm³/mol. The lowest BCUT2D eigenvalue weighted by Gasteiger charge is -2.20. The second kappa shape index (κ2) is 9.69. The van der Waals surface area contributed by atoms with Crippen LogP contribution in [-0.2, 0) is 10.0 Å². The first kappa shape index (κ1) is 22.4. The summed E-state index contributed by atoms with van der Waals surface area (Å²) in [4.78, 5) is 25.0. The molecular formula is C20H26N4O4S2. The van der Waals surface area contributed by atoms with Crippen LogP contribution in [0.25, 0.3) is 0 Å². The van der Waals surface area contributed by atoms with Gasteiger partial charge in [0.25, 0.3) is 11.8 Å². The fourth-order valence-corrected chi connectivity index (χ4v) is 5.53. The van der Waals surface area contributed by atoms with E-state index in [1.165, 1.54) is 44.9 Å². The third-order valence-electron chi connectivity index (χ3n) is 4.78. The average molecular weight is 451 g/mol. The van der Waals surface area contributed by atoms with Gasteiger partial charge in [-0.2, -0.15) is 4.31 Å². The molecule has 1 fully saturated rings. The van der Waals surface area contributed by atoms with E-state index in [-0.39, 0.29) is 10.8 Å². The van der Waals surface area contributed by atoms with Gasteiger partial charge in [-0.15, -0.1) is 11.3 Å². The standard InChI is InChI=1S/C20H26N4O4S2/c1-23(2)22-19(26)17-11-14-29-20(17)21-18(25)15-7-9-16(10-8-15)30(27,28)24-12-5-3-4-6-13-24/h7-11,14H,3-6,12-13H2,1-2H3,(H,21,25)(H,22,26). The summed E-state index contributed by atoms with van der Waals surface area (Å²) in [7, 11) is -0.165. The lowest BCUT2D eigenvalue weighted by atomic mass is 10.2. The second-order valence-corrected chi connectivity index (χ2v) is 10.1. The smallest absolute Gasteiger partial charge is 0.268 e. The van der Waals surface area contributed by atoms with Crippen LogP contribution in [0.1, 0.15) is 46.4 Å². The molecule has 1 aromatic heterocycles. The van der Waals surface area contributed by atoms with E-state index in [1.807, 2.05) is 0 Å². The molecule has 1 aliphatic rings. The Morgan fingerprint density at radius 1 is 0.967 bits per heavy atom. The number of hydrazine groups is 1. The van der Waals surface area contributed by atoms with Gasteiger partial charge in [-0.25, -0.2) is 13.4 Å². The van der Waals surface area contributed by atoms with E-state index >= 15 is 0 Å². The van der Waals surface area contributed by atoms with Crippen LogP contribution < -0.4 is 10.7 Å². The van der Waals surface area contributed by atoms with Crippen LogP contribution in [0.2, 0.25) is 0 Å². The van der Waals surface area contributed by atoms with Crippen LogP contribution in [0.4, 0.5) is 5.00 Å². The predicted octanol–water partition coefficient (Wildman–Crippen LogP) is 2.77. The van der Waals surface area contributed by atoms with Crippen molar-refractivity contribution in [3.63, 3.8) is 0 Å². The molecule has 0 aliphatic carbocycles. The Labute approximate surface area is 180 Å². The number of anilines is 1. The summed E-state index contributed by atoms with van der Waals surface area (Å²) in [6, 6.07) is 7.54. The quantitative estimate of drug-likeness (QED) is 0.660. The van der Waals surface area contributed by atoms with Crippen molar-refractivity contribution < 1.29 is 18.0 Å². The summed E-state index contributed by atoms with van der Waals surface area (Å²) in [5.74, 6) is -0.731. The van der Waals surface area contributed by atoms with E-state index < -0.39 is 15.9 Å². The zero-order valence-corrected chi connectivity index (χ0v) is 18.7. The maximum atomic E-state index is 12.9. The molecule has 2 heterocycles. The summed E-state index contributed by atoms with van der Waals surface area (Å²) in [6.07, 6.45) is 3.82. The van der Waals surface area contributed by atoms with Crippen molar-refractivity contribution in [2.45, 2.75) is 30.6 Å². The summed E-state index contributed by atoms with van der Waals surface area (Å²) in [5.41, 5.74) is 3.32. The van der Waals surface area contributed by atoms with Gasteiger partial charge in [0.05, 0.1) is 10.5 Å². The highest BCUT2D eigenvalue weighted by Gasteiger charge is 2.25. The maximum absolute atomic E-state index is 12.9. The minimum absolute atomic E-state index is 0.183. The topological polar surface area (TPSA) is 98.8 Å². The monoisotopic (exact) mass is 450 g/mol. The van der Waals surface area contributed by atoms with Crippen molar-refractivity contribution in [2.75, 3.05) is 32.5 Å². The van der Waals surface area contributed by atoms with Crippen LogP contribution in [0.5, 0.6) is 0 Å². The Balaban J connectivity index is 1.72. The number of amides is 2. The van der Waals surface area contributed by atoms with Crippen LogP contribution >= 0.6 is 11.3 Å². The van der Waals surface area contributed by atoms with Gasteiger partial charge in [-0.1, -0.05) is 12.8 Å². The first-order valence-electron chi connectivity index (χ1n) is 9.76. The number of thiophene rings is 1. The average Bonchev–Trinajstić information content (AvgIpc) is 2.98. The van der Waals surface area contributed by atoms with Crippen LogP contribution in [0.3, 0.4) is 0 Å². The molecule has 0 radical (unpaired) electrons. The molecule has 0 unspecified atom stereocenters. The summed E-state index contributed by atoms with van der Waals surface area (Å²) >= 11 is 1.24. The first-order valence-corrected chi connectivity index (χ1v) is 12.1. The number of sulfonamides is 1. The molecule has 1 aliphatic heterocycles. The van der Waals surface area contributed by atoms with Gasteiger partial charge in [0.15, 0.2) is 0 Å². The SMILES string of the molecule is CN(C)NC(=O)c1ccsc1NC(=O)c1ccc(S(=O)(=O)N2CCCCCC2)cc1. The molecule has 3 rings (SSSR count). The number of carbonyl (C=O) groups excluding carboxylic acids is 2. The zero-order chi connectivity index (χ0) is 21.7.